The first-order valence-electron chi connectivity index (χ1n) is 8.14. The average molecular weight is 321 g/mol. The summed E-state index contributed by atoms with van der Waals surface area (Å²) in [7, 11) is 0. The Labute approximate surface area is 140 Å². The van der Waals surface area contributed by atoms with E-state index in [0.29, 0.717) is 5.56 Å². The number of hydrogen-bond donors (Lipinski definition) is 1. The topological polar surface area (TPSA) is 62.5 Å². The van der Waals surface area contributed by atoms with Crippen LogP contribution in [-0.4, -0.2) is 46.6 Å². The van der Waals surface area contributed by atoms with Crippen molar-refractivity contribution >= 4 is 17.2 Å². The number of imidazole rings is 1. The van der Waals surface area contributed by atoms with Gasteiger partial charge in [0.1, 0.15) is 5.82 Å². The molecular formula is C18H19N5O. The van der Waals surface area contributed by atoms with E-state index in [1.165, 1.54) is 0 Å². The number of aromatic nitrogens is 3. The van der Waals surface area contributed by atoms with E-state index in [0.717, 1.165) is 48.9 Å². The van der Waals surface area contributed by atoms with E-state index in [-0.39, 0.29) is 5.78 Å². The van der Waals surface area contributed by atoms with E-state index < -0.39 is 0 Å². The van der Waals surface area contributed by atoms with Gasteiger partial charge < -0.3 is 10.2 Å². The highest BCUT2D eigenvalue weighted by Crippen LogP contribution is 2.22. The monoisotopic (exact) mass is 321 g/mol. The smallest absolute Gasteiger partial charge is 0.159 e. The van der Waals surface area contributed by atoms with Crippen molar-refractivity contribution in [2.24, 2.45) is 0 Å². The van der Waals surface area contributed by atoms with Gasteiger partial charge in [-0.15, -0.1) is 5.10 Å². The second kappa shape index (κ2) is 6.05. The number of carbonyl (C=O) groups is 1. The lowest BCUT2D eigenvalue weighted by Crippen LogP contribution is -2.44. The molecule has 24 heavy (non-hydrogen) atoms. The van der Waals surface area contributed by atoms with Crippen LogP contribution in [0.25, 0.3) is 16.9 Å². The molecular weight excluding hydrogens is 302 g/mol. The molecule has 6 heteroatoms. The minimum Gasteiger partial charge on any atom is -0.353 e. The predicted molar refractivity (Wildman–Crippen MR) is 93.5 cm³/mol. The van der Waals surface area contributed by atoms with Crippen molar-refractivity contribution < 1.29 is 4.79 Å². The Kier molecular flexibility index (Phi) is 3.74. The second-order valence-electron chi connectivity index (χ2n) is 5.98. The molecule has 1 aliphatic rings. The normalized spacial score (nSPS) is 15.0. The zero-order valence-electron chi connectivity index (χ0n) is 13.6. The van der Waals surface area contributed by atoms with Gasteiger partial charge in [-0.3, -0.25) is 4.79 Å². The van der Waals surface area contributed by atoms with Crippen molar-refractivity contribution in [1.29, 1.82) is 0 Å². The Balaban J connectivity index is 1.73. The van der Waals surface area contributed by atoms with Gasteiger partial charge in [-0.2, -0.15) is 0 Å². The lowest BCUT2D eigenvalue weighted by molar-refractivity contribution is 0.101. The Morgan fingerprint density at radius 1 is 1.08 bits per heavy atom. The van der Waals surface area contributed by atoms with Gasteiger partial charge in [0.2, 0.25) is 0 Å². The molecule has 0 radical (unpaired) electrons. The Bertz CT molecular complexity index is 878. The Morgan fingerprint density at radius 3 is 2.54 bits per heavy atom. The molecule has 1 saturated heterocycles. The summed E-state index contributed by atoms with van der Waals surface area (Å²) in [5.41, 5.74) is 3.45. The molecule has 0 atom stereocenters. The van der Waals surface area contributed by atoms with E-state index in [9.17, 15) is 4.79 Å². The zero-order valence-corrected chi connectivity index (χ0v) is 13.6. The lowest BCUT2D eigenvalue weighted by atomic mass is 10.1. The lowest BCUT2D eigenvalue weighted by Gasteiger charge is -2.28. The molecule has 2 aromatic heterocycles. The highest BCUT2D eigenvalue weighted by Gasteiger charge is 2.14. The van der Waals surface area contributed by atoms with E-state index >= 15 is 0 Å². The summed E-state index contributed by atoms with van der Waals surface area (Å²) in [5, 5.41) is 8.13. The summed E-state index contributed by atoms with van der Waals surface area (Å²) in [6, 6.07) is 11.6. The number of nitrogens with one attached hydrogen (secondary N) is 1. The van der Waals surface area contributed by atoms with Gasteiger partial charge in [-0.1, -0.05) is 24.3 Å². The van der Waals surface area contributed by atoms with Crippen molar-refractivity contribution in [2.45, 2.75) is 6.92 Å². The van der Waals surface area contributed by atoms with Crippen molar-refractivity contribution in [1.82, 2.24) is 19.9 Å². The molecule has 0 unspecified atom stereocenters. The number of nitrogens with zero attached hydrogens (tertiary/aromatic N) is 4. The maximum atomic E-state index is 11.4. The molecule has 6 nitrogen and oxygen atoms in total. The largest absolute Gasteiger partial charge is 0.353 e. The minimum atomic E-state index is 0.0683. The SMILES string of the molecule is CC(=O)c1ccc(-c2cnc3ccc(N4CCNCC4)nn23)cc1. The molecule has 4 rings (SSSR count). The average Bonchev–Trinajstić information content (AvgIpc) is 3.05. The summed E-state index contributed by atoms with van der Waals surface area (Å²) in [6.45, 7) is 5.43. The van der Waals surface area contributed by atoms with Gasteiger partial charge in [-0.05, 0) is 19.1 Å². The molecule has 1 aliphatic heterocycles. The van der Waals surface area contributed by atoms with Crippen LogP contribution < -0.4 is 10.2 Å². The molecule has 1 N–H and O–H groups in total. The highest BCUT2D eigenvalue weighted by atomic mass is 16.1. The standard InChI is InChI=1S/C18H19N5O/c1-13(24)14-2-4-15(5-3-14)16-12-20-17-6-7-18(21-23(16)17)22-10-8-19-9-11-22/h2-7,12,19H,8-11H2,1H3. The van der Waals surface area contributed by atoms with Crippen molar-refractivity contribution in [3.05, 3.63) is 48.2 Å². The minimum absolute atomic E-state index is 0.0683. The van der Waals surface area contributed by atoms with Crippen LogP contribution in [0, 0.1) is 0 Å². The molecule has 122 valence electrons. The number of ketones is 1. The first-order chi connectivity index (χ1) is 11.7. The van der Waals surface area contributed by atoms with Gasteiger partial charge in [0.05, 0.1) is 11.9 Å². The van der Waals surface area contributed by atoms with Gasteiger partial charge in [0.25, 0.3) is 0 Å². The van der Waals surface area contributed by atoms with Crippen LogP contribution in [-0.2, 0) is 0 Å². The fraction of sp³-hybridized carbons (Fsp3) is 0.278. The molecule has 3 heterocycles. The molecule has 1 fully saturated rings. The maximum Gasteiger partial charge on any atom is 0.159 e. The quantitative estimate of drug-likeness (QED) is 0.748. The number of benzene rings is 1. The molecule has 0 spiro atoms. The van der Waals surface area contributed by atoms with Gasteiger partial charge in [-0.25, -0.2) is 9.50 Å². The Morgan fingerprint density at radius 2 is 1.83 bits per heavy atom. The van der Waals surface area contributed by atoms with Crippen molar-refractivity contribution in [3.63, 3.8) is 0 Å². The van der Waals surface area contributed by atoms with E-state index in [1.807, 2.05) is 47.1 Å². The number of anilines is 1. The van der Waals surface area contributed by atoms with Crippen molar-refractivity contribution in [2.75, 3.05) is 31.1 Å². The van der Waals surface area contributed by atoms with Gasteiger partial charge in [0, 0.05) is 37.3 Å². The summed E-state index contributed by atoms with van der Waals surface area (Å²) < 4.78 is 1.88. The first kappa shape index (κ1) is 14.8. The molecule has 1 aromatic carbocycles. The van der Waals surface area contributed by atoms with Crippen LogP contribution in [0.5, 0.6) is 0 Å². The number of hydrogen-bond acceptors (Lipinski definition) is 5. The third kappa shape index (κ3) is 2.65. The van der Waals surface area contributed by atoms with Gasteiger partial charge in [0.15, 0.2) is 11.4 Å². The summed E-state index contributed by atoms with van der Waals surface area (Å²) in [5.74, 6) is 1.03. The fourth-order valence-corrected chi connectivity index (χ4v) is 3.00. The number of fused-ring (bicyclic) bond motifs is 1. The van der Waals surface area contributed by atoms with Crippen LogP contribution in [0.3, 0.4) is 0 Å². The predicted octanol–water partition coefficient (Wildman–Crippen LogP) is 2.01. The fourth-order valence-electron chi connectivity index (χ4n) is 3.00. The van der Waals surface area contributed by atoms with Crippen LogP contribution in [0.15, 0.2) is 42.6 Å². The number of carbonyl (C=O) groups excluding carboxylic acids is 1. The number of piperazine rings is 1. The van der Waals surface area contributed by atoms with Gasteiger partial charge >= 0.3 is 0 Å². The van der Waals surface area contributed by atoms with Crippen LogP contribution >= 0.6 is 0 Å². The van der Waals surface area contributed by atoms with Crippen molar-refractivity contribution in [3.8, 4) is 11.3 Å². The number of Topliss-reactive ketones (excluding diaryl/α,β-unsaturated/α-hetero) is 1. The molecule has 0 aliphatic carbocycles. The summed E-state index contributed by atoms with van der Waals surface area (Å²) in [4.78, 5) is 18.2. The van der Waals surface area contributed by atoms with E-state index in [1.54, 1.807) is 6.92 Å². The molecule has 3 aromatic rings. The molecule has 0 bridgehead atoms. The summed E-state index contributed by atoms with van der Waals surface area (Å²) in [6.07, 6.45) is 1.83. The third-order valence-electron chi connectivity index (χ3n) is 4.38. The maximum absolute atomic E-state index is 11.4. The molecule has 0 saturated carbocycles. The van der Waals surface area contributed by atoms with Crippen LogP contribution in [0.4, 0.5) is 5.82 Å². The first-order valence-corrected chi connectivity index (χ1v) is 8.14. The summed E-state index contributed by atoms with van der Waals surface area (Å²) >= 11 is 0. The Hall–Kier alpha value is -2.73. The third-order valence-corrected chi connectivity index (χ3v) is 4.38. The molecule has 0 amide bonds. The van der Waals surface area contributed by atoms with Crippen LogP contribution in [0.2, 0.25) is 0 Å². The van der Waals surface area contributed by atoms with E-state index in [4.69, 9.17) is 5.10 Å². The number of rotatable bonds is 3. The second-order valence-corrected chi connectivity index (χ2v) is 5.98. The highest BCUT2D eigenvalue weighted by molar-refractivity contribution is 5.94. The van der Waals surface area contributed by atoms with E-state index in [2.05, 4.69) is 15.2 Å². The van der Waals surface area contributed by atoms with Crippen LogP contribution in [0.1, 0.15) is 17.3 Å². The zero-order chi connectivity index (χ0) is 16.5.